The van der Waals surface area contributed by atoms with Crippen LogP contribution in [0.5, 0.6) is 5.75 Å². The minimum atomic E-state index is -4.41. The van der Waals surface area contributed by atoms with E-state index < -0.39 is 17.3 Å². The van der Waals surface area contributed by atoms with Crippen molar-refractivity contribution < 1.29 is 27.4 Å². The van der Waals surface area contributed by atoms with Crippen molar-refractivity contribution in [2.75, 3.05) is 7.11 Å². The average molecular weight is 525 g/mol. The number of fused-ring (bicyclic) bond motifs is 2. The standard InChI is InChI=1S/C30H31F3N2O3/c1-19-12-21(14-23(13-19)30(31,32)33)18-38-27-15-26-25(16-29(27,35-26)22-6-4-3-5-7-22)28(36)34-17-20-8-10-24(37-2)11-9-20/h3-14,25-27,35H,15-18H2,1-2H3,(H,34,36). The van der Waals surface area contributed by atoms with E-state index in [1.165, 1.54) is 0 Å². The van der Waals surface area contributed by atoms with Crippen LogP contribution in [0.1, 0.15) is 40.7 Å². The molecule has 2 fully saturated rings. The van der Waals surface area contributed by atoms with Crippen LogP contribution in [0.15, 0.2) is 72.8 Å². The number of rotatable bonds is 8. The van der Waals surface area contributed by atoms with Gasteiger partial charge in [-0.15, -0.1) is 0 Å². The Balaban J connectivity index is 1.30. The highest BCUT2D eigenvalue weighted by Crippen LogP contribution is 2.49. The van der Waals surface area contributed by atoms with Crippen LogP contribution in [-0.2, 0) is 34.4 Å². The molecule has 0 radical (unpaired) electrons. The molecule has 5 rings (SSSR count). The van der Waals surface area contributed by atoms with E-state index in [-0.39, 0.29) is 30.6 Å². The Labute approximate surface area is 220 Å². The molecule has 0 aromatic heterocycles. The molecule has 5 nitrogen and oxygen atoms in total. The summed E-state index contributed by atoms with van der Waals surface area (Å²) in [6, 6.07) is 21.3. The van der Waals surface area contributed by atoms with E-state index in [4.69, 9.17) is 9.47 Å². The molecule has 2 aliphatic rings. The number of hydrogen-bond donors (Lipinski definition) is 2. The zero-order chi connectivity index (χ0) is 26.9. The lowest BCUT2D eigenvalue weighted by Crippen LogP contribution is -2.45. The van der Waals surface area contributed by atoms with Crippen LogP contribution in [0.4, 0.5) is 13.2 Å². The summed E-state index contributed by atoms with van der Waals surface area (Å²) in [5.74, 6) is 0.487. The maximum absolute atomic E-state index is 13.3. The van der Waals surface area contributed by atoms with Crippen molar-refractivity contribution in [1.29, 1.82) is 0 Å². The summed E-state index contributed by atoms with van der Waals surface area (Å²) < 4.78 is 51.5. The van der Waals surface area contributed by atoms with Crippen molar-refractivity contribution >= 4 is 5.91 Å². The van der Waals surface area contributed by atoms with Gasteiger partial charge in [-0.1, -0.05) is 54.1 Å². The Kier molecular flexibility index (Phi) is 7.20. The van der Waals surface area contributed by atoms with Gasteiger partial charge >= 0.3 is 6.18 Å². The monoisotopic (exact) mass is 524 g/mol. The number of alkyl halides is 3. The number of methoxy groups -OCH3 is 1. The van der Waals surface area contributed by atoms with Gasteiger partial charge in [0.05, 0.1) is 36.8 Å². The molecule has 3 aromatic carbocycles. The molecule has 4 atom stereocenters. The van der Waals surface area contributed by atoms with Gasteiger partial charge in [-0.2, -0.15) is 13.2 Å². The summed E-state index contributed by atoms with van der Waals surface area (Å²) in [5, 5.41) is 6.72. The van der Waals surface area contributed by atoms with Crippen molar-refractivity contribution in [2.45, 2.75) is 56.8 Å². The van der Waals surface area contributed by atoms with Gasteiger partial charge < -0.3 is 20.1 Å². The largest absolute Gasteiger partial charge is 0.497 e. The van der Waals surface area contributed by atoms with Gasteiger partial charge in [0, 0.05) is 12.6 Å². The molecule has 2 heterocycles. The van der Waals surface area contributed by atoms with E-state index in [0.29, 0.717) is 30.5 Å². The number of hydrogen-bond acceptors (Lipinski definition) is 4. The molecular formula is C30H31F3N2O3. The van der Waals surface area contributed by atoms with Crippen LogP contribution in [0, 0.1) is 12.8 Å². The van der Waals surface area contributed by atoms with E-state index in [0.717, 1.165) is 29.0 Å². The first-order valence-electron chi connectivity index (χ1n) is 12.7. The molecule has 4 unspecified atom stereocenters. The number of carbonyl (C=O) groups is 1. The fourth-order valence-electron chi connectivity index (χ4n) is 5.84. The maximum Gasteiger partial charge on any atom is 0.416 e. The summed E-state index contributed by atoms with van der Waals surface area (Å²) >= 11 is 0. The van der Waals surface area contributed by atoms with Crippen LogP contribution in [0.2, 0.25) is 0 Å². The molecular weight excluding hydrogens is 493 g/mol. The minimum Gasteiger partial charge on any atom is -0.497 e. The molecule has 8 heteroatoms. The van der Waals surface area contributed by atoms with E-state index in [1.807, 2.05) is 54.6 Å². The van der Waals surface area contributed by atoms with E-state index >= 15 is 0 Å². The van der Waals surface area contributed by atoms with E-state index in [1.54, 1.807) is 20.1 Å². The number of aryl methyl sites for hydroxylation is 1. The van der Waals surface area contributed by atoms with E-state index in [2.05, 4.69) is 10.6 Å². The van der Waals surface area contributed by atoms with Gasteiger partial charge in [0.1, 0.15) is 5.75 Å². The highest BCUT2D eigenvalue weighted by Gasteiger charge is 2.59. The lowest BCUT2D eigenvalue weighted by atomic mass is 9.74. The summed E-state index contributed by atoms with van der Waals surface area (Å²) in [4.78, 5) is 13.2. The van der Waals surface area contributed by atoms with Crippen LogP contribution >= 0.6 is 0 Å². The molecule has 2 N–H and O–H groups in total. The molecule has 200 valence electrons. The first-order valence-corrected chi connectivity index (χ1v) is 12.7. The number of ether oxygens (including phenoxy) is 2. The fourth-order valence-corrected chi connectivity index (χ4v) is 5.84. The van der Waals surface area contributed by atoms with Crippen molar-refractivity contribution in [3.8, 4) is 5.75 Å². The number of amides is 1. The first kappa shape index (κ1) is 26.3. The summed E-state index contributed by atoms with van der Waals surface area (Å²) in [6.07, 6.45) is -3.56. The van der Waals surface area contributed by atoms with Gasteiger partial charge in [-0.3, -0.25) is 4.79 Å². The van der Waals surface area contributed by atoms with Crippen LogP contribution in [0.25, 0.3) is 0 Å². The van der Waals surface area contributed by atoms with E-state index in [9.17, 15) is 18.0 Å². The lowest BCUT2D eigenvalue weighted by molar-refractivity contribution is -0.137. The van der Waals surface area contributed by atoms with Gasteiger partial charge in [-0.25, -0.2) is 0 Å². The zero-order valence-corrected chi connectivity index (χ0v) is 21.3. The average Bonchev–Trinajstić information content (AvgIpc) is 3.48. The van der Waals surface area contributed by atoms with Gasteiger partial charge in [0.25, 0.3) is 0 Å². The second-order valence-corrected chi connectivity index (χ2v) is 10.2. The summed E-state index contributed by atoms with van der Waals surface area (Å²) in [5.41, 5.74) is 1.75. The van der Waals surface area contributed by atoms with Gasteiger partial charge in [0.15, 0.2) is 0 Å². The topological polar surface area (TPSA) is 59.6 Å². The molecule has 3 aromatic rings. The Morgan fingerprint density at radius 3 is 2.47 bits per heavy atom. The Morgan fingerprint density at radius 1 is 1.05 bits per heavy atom. The lowest BCUT2D eigenvalue weighted by Gasteiger charge is -2.36. The quantitative estimate of drug-likeness (QED) is 0.409. The highest BCUT2D eigenvalue weighted by molar-refractivity contribution is 5.80. The second kappa shape index (κ2) is 10.4. The number of carbonyl (C=O) groups excluding carboxylic acids is 1. The molecule has 0 aliphatic carbocycles. The van der Waals surface area contributed by atoms with Crippen molar-refractivity contribution in [3.05, 3.63) is 101 Å². The minimum absolute atomic E-state index is 0.0249. The zero-order valence-electron chi connectivity index (χ0n) is 21.3. The number of halogens is 3. The van der Waals surface area contributed by atoms with Crippen LogP contribution < -0.4 is 15.4 Å². The van der Waals surface area contributed by atoms with Crippen LogP contribution in [0.3, 0.4) is 0 Å². The Bertz CT molecular complexity index is 1280. The normalized spacial score (nSPS) is 24.4. The smallest absolute Gasteiger partial charge is 0.416 e. The highest BCUT2D eigenvalue weighted by atomic mass is 19.4. The van der Waals surface area contributed by atoms with Gasteiger partial charge in [-0.05, 0) is 60.7 Å². The molecule has 1 amide bonds. The molecule has 2 bridgehead atoms. The third-order valence-electron chi connectivity index (χ3n) is 7.66. The second-order valence-electron chi connectivity index (χ2n) is 10.2. The van der Waals surface area contributed by atoms with Crippen molar-refractivity contribution in [1.82, 2.24) is 10.6 Å². The molecule has 0 saturated carbocycles. The van der Waals surface area contributed by atoms with Gasteiger partial charge in [0.2, 0.25) is 5.91 Å². The van der Waals surface area contributed by atoms with Crippen molar-refractivity contribution in [2.24, 2.45) is 5.92 Å². The summed E-state index contributed by atoms with van der Waals surface area (Å²) in [7, 11) is 1.61. The maximum atomic E-state index is 13.3. The molecule has 2 saturated heterocycles. The Morgan fingerprint density at radius 2 is 1.79 bits per heavy atom. The number of benzene rings is 3. The summed E-state index contributed by atoms with van der Waals surface area (Å²) in [6.45, 7) is 2.13. The molecule has 0 spiro atoms. The third-order valence-corrected chi connectivity index (χ3v) is 7.66. The third kappa shape index (κ3) is 5.28. The SMILES string of the molecule is COc1ccc(CNC(=O)C2CC3(c4ccccc4)NC2CC3OCc2cc(C)cc(C(F)(F)F)c2)cc1. The predicted molar refractivity (Wildman–Crippen MR) is 137 cm³/mol. The first-order chi connectivity index (χ1) is 18.2. The predicted octanol–water partition coefficient (Wildman–Crippen LogP) is 5.50. The Hall–Kier alpha value is -3.36. The number of nitrogens with one attached hydrogen (secondary N) is 2. The fraction of sp³-hybridized carbons (Fsp3) is 0.367. The molecule has 38 heavy (non-hydrogen) atoms. The molecule has 2 aliphatic heterocycles. The van der Waals surface area contributed by atoms with Crippen LogP contribution in [-0.4, -0.2) is 25.2 Å². The van der Waals surface area contributed by atoms with Crippen molar-refractivity contribution in [3.63, 3.8) is 0 Å².